The molecule has 2 N–H and O–H groups in total. The molecule has 3 aromatic heterocycles. The highest BCUT2D eigenvalue weighted by Gasteiger charge is 2.32. The Morgan fingerprint density at radius 1 is 1.21 bits per heavy atom. The van der Waals surface area contributed by atoms with Crippen LogP contribution in [0.25, 0.3) is 11.5 Å². The Labute approximate surface area is 170 Å². The highest BCUT2D eigenvalue weighted by molar-refractivity contribution is 7.17. The van der Waals surface area contributed by atoms with E-state index in [0.717, 1.165) is 49.7 Å². The molecule has 2 aliphatic carbocycles. The van der Waals surface area contributed by atoms with Crippen molar-refractivity contribution in [3.8, 4) is 11.5 Å². The van der Waals surface area contributed by atoms with Gasteiger partial charge in [-0.1, -0.05) is 5.16 Å². The highest BCUT2D eigenvalue weighted by atomic mass is 32.1. The molecule has 3 aromatic rings. The number of nitrogens with zero attached hydrogens (tertiary/aromatic N) is 3. The molecule has 5 rings (SSSR count). The quantitative estimate of drug-likeness (QED) is 0.655. The van der Waals surface area contributed by atoms with Gasteiger partial charge in [-0.05, 0) is 50.2 Å². The molecular formula is C20H18N4O4S. The lowest BCUT2D eigenvalue weighted by Crippen LogP contribution is -2.16. The lowest BCUT2D eigenvalue weighted by atomic mass is 9.95. The number of aryl methyl sites for hydroxylation is 1. The minimum absolute atomic E-state index is 0.0153. The van der Waals surface area contributed by atoms with Crippen molar-refractivity contribution in [1.82, 2.24) is 15.1 Å². The summed E-state index contributed by atoms with van der Waals surface area (Å²) in [7, 11) is 0. The molecule has 9 heteroatoms. The fourth-order valence-corrected chi connectivity index (χ4v) is 4.93. The summed E-state index contributed by atoms with van der Waals surface area (Å²) in [6.45, 7) is 0. The van der Waals surface area contributed by atoms with Gasteiger partial charge < -0.3 is 14.9 Å². The van der Waals surface area contributed by atoms with Crippen LogP contribution in [0.2, 0.25) is 0 Å². The number of thiophene rings is 1. The summed E-state index contributed by atoms with van der Waals surface area (Å²) >= 11 is 1.50. The topological polar surface area (TPSA) is 118 Å². The summed E-state index contributed by atoms with van der Waals surface area (Å²) in [6.07, 6.45) is 8.78. The molecule has 148 valence electrons. The van der Waals surface area contributed by atoms with Gasteiger partial charge in [-0.25, -0.2) is 4.79 Å². The van der Waals surface area contributed by atoms with Gasteiger partial charge in [0.1, 0.15) is 5.00 Å². The van der Waals surface area contributed by atoms with Crippen LogP contribution < -0.4 is 5.32 Å². The molecule has 29 heavy (non-hydrogen) atoms. The Morgan fingerprint density at radius 2 is 2.03 bits per heavy atom. The number of carbonyl (C=O) groups excluding carboxylic acids is 1. The van der Waals surface area contributed by atoms with Crippen LogP contribution in [-0.4, -0.2) is 32.1 Å². The molecular weight excluding hydrogens is 392 g/mol. The van der Waals surface area contributed by atoms with E-state index in [9.17, 15) is 14.7 Å². The van der Waals surface area contributed by atoms with E-state index in [1.54, 1.807) is 0 Å². The van der Waals surface area contributed by atoms with Gasteiger partial charge in [-0.15, -0.1) is 11.3 Å². The summed E-state index contributed by atoms with van der Waals surface area (Å²) in [5, 5.41) is 17.0. The Balaban J connectivity index is 1.54. The number of fused-ring (bicyclic) bond motifs is 1. The number of carboxylic acid groups (broad SMARTS) is 1. The van der Waals surface area contributed by atoms with Crippen LogP contribution in [-0.2, 0) is 12.8 Å². The zero-order chi connectivity index (χ0) is 20.0. The van der Waals surface area contributed by atoms with Crippen molar-refractivity contribution in [1.29, 1.82) is 0 Å². The SMILES string of the molecule is O=C(O)c1ccncc1C(=O)Nc1sc2c(c1-c1nc(C3CC3)no1)CCCC2. The molecule has 0 bridgehead atoms. The Morgan fingerprint density at radius 3 is 2.83 bits per heavy atom. The van der Waals surface area contributed by atoms with E-state index in [2.05, 4.69) is 20.4 Å². The van der Waals surface area contributed by atoms with Crippen LogP contribution in [0.5, 0.6) is 0 Å². The van der Waals surface area contributed by atoms with E-state index in [1.165, 1.54) is 34.7 Å². The van der Waals surface area contributed by atoms with Crippen molar-refractivity contribution in [3.05, 3.63) is 45.9 Å². The average molecular weight is 410 g/mol. The maximum atomic E-state index is 12.9. The van der Waals surface area contributed by atoms with Gasteiger partial charge in [0, 0.05) is 23.2 Å². The number of carboxylic acids is 1. The van der Waals surface area contributed by atoms with Gasteiger partial charge in [0.2, 0.25) is 0 Å². The van der Waals surface area contributed by atoms with E-state index >= 15 is 0 Å². The smallest absolute Gasteiger partial charge is 0.336 e. The van der Waals surface area contributed by atoms with Gasteiger partial charge in [0.25, 0.3) is 11.8 Å². The minimum atomic E-state index is -1.17. The molecule has 3 heterocycles. The predicted octanol–water partition coefficient (Wildman–Crippen LogP) is 3.90. The number of amides is 1. The standard InChI is InChI=1S/C20H18N4O4S/c25-17(13-9-21-8-7-11(13)20(26)27)23-19-15(12-3-1-2-4-14(12)29-19)18-22-16(24-28-18)10-5-6-10/h7-10H,1-6H2,(H,23,25)(H,26,27). The van der Waals surface area contributed by atoms with Crippen LogP contribution in [0, 0.1) is 0 Å². The van der Waals surface area contributed by atoms with Crippen molar-refractivity contribution in [2.24, 2.45) is 0 Å². The second kappa shape index (κ2) is 7.07. The summed E-state index contributed by atoms with van der Waals surface area (Å²) in [6, 6.07) is 1.32. The first-order valence-electron chi connectivity index (χ1n) is 9.59. The number of pyridine rings is 1. The van der Waals surface area contributed by atoms with Gasteiger partial charge in [0.05, 0.1) is 16.7 Å². The van der Waals surface area contributed by atoms with Crippen LogP contribution in [0.15, 0.2) is 23.0 Å². The fraction of sp³-hybridized carbons (Fsp3) is 0.350. The van der Waals surface area contributed by atoms with Gasteiger partial charge in [0.15, 0.2) is 5.82 Å². The van der Waals surface area contributed by atoms with Crippen molar-refractivity contribution >= 4 is 28.2 Å². The van der Waals surface area contributed by atoms with Crippen LogP contribution >= 0.6 is 11.3 Å². The van der Waals surface area contributed by atoms with E-state index in [0.29, 0.717) is 22.6 Å². The Hall–Kier alpha value is -3.07. The number of nitrogens with one attached hydrogen (secondary N) is 1. The minimum Gasteiger partial charge on any atom is -0.478 e. The fourth-order valence-electron chi connectivity index (χ4n) is 3.66. The molecule has 2 aliphatic rings. The molecule has 8 nitrogen and oxygen atoms in total. The monoisotopic (exact) mass is 410 g/mol. The molecule has 0 unspecified atom stereocenters. The van der Waals surface area contributed by atoms with Crippen molar-refractivity contribution in [3.63, 3.8) is 0 Å². The molecule has 1 amide bonds. The molecule has 0 aromatic carbocycles. The third-order valence-corrected chi connectivity index (χ3v) is 6.50. The molecule has 0 atom stereocenters. The van der Waals surface area contributed by atoms with Crippen LogP contribution in [0.1, 0.15) is 68.6 Å². The number of hydrogen-bond acceptors (Lipinski definition) is 7. The van der Waals surface area contributed by atoms with Crippen LogP contribution in [0.4, 0.5) is 5.00 Å². The molecule has 0 radical (unpaired) electrons. The number of anilines is 1. The molecule has 1 saturated carbocycles. The van der Waals surface area contributed by atoms with Crippen molar-refractivity contribution in [2.45, 2.75) is 44.4 Å². The first-order valence-corrected chi connectivity index (χ1v) is 10.4. The zero-order valence-corrected chi connectivity index (χ0v) is 16.3. The predicted molar refractivity (Wildman–Crippen MR) is 105 cm³/mol. The summed E-state index contributed by atoms with van der Waals surface area (Å²) in [4.78, 5) is 34.0. The third kappa shape index (κ3) is 3.31. The average Bonchev–Trinajstić information content (AvgIpc) is 3.35. The maximum Gasteiger partial charge on any atom is 0.336 e. The van der Waals surface area contributed by atoms with Gasteiger partial charge in [-0.3, -0.25) is 9.78 Å². The van der Waals surface area contributed by atoms with Crippen molar-refractivity contribution in [2.75, 3.05) is 5.32 Å². The lowest BCUT2D eigenvalue weighted by Gasteiger charge is -2.11. The number of carbonyl (C=O) groups is 2. The first-order chi connectivity index (χ1) is 14.1. The normalized spacial score (nSPS) is 15.7. The first kappa shape index (κ1) is 18.0. The summed E-state index contributed by atoms with van der Waals surface area (Å²) in [5.74, 6) is -0.181. The number of aromatic carboxylic acids is 1. The lowest BCUT2D eigenvalue weighted by molar-refractivity contribution is 0.0692. The maximum absolute atomic E-state index is 12.9. The molecule has 0 aliphatic heterocycles. The second-order valence-corrected chi connectivity index (χ2v) is 8.43. The Kier molecular flexibility index (Phi) is 4.39. The summed E-state index contributed by atoms with van der Waals surface area (Å²) < 4.78 is 5.55. The Bertz CT molecular complexity index is 1120. The third-order valence-electron chi connectivity index (χ3n) is 5.29. The molecule has 0 saturated heterocycles. The highest BCUT2D eigenvalue weighted by Crippen LogP contribution is 2.45. The number of aromatic nitrogens is 3. The van der Waals surface area contributed by atoms with E-state index in [1.807, 2.05) is 0 Å². The van der Waals surface area contributed by atoms with Crippen molar-refractivity contribution < 1.29 is 19.2 Å². The number of hydrogen-bond donors (Lipinski definition) is 2. The van der Waals surface area contributed by atoms with Gasteiger partial charge >= 0.3 is 5.97 Å². The molecule has 0 spiro atoms. The van der Waals surface area contributed by atoms with Crippen LogP contribution in [0.3, 0.4) is 0 Å². The summed E-state index contributed by atoms with van der Waals surface area (Å²) in [5.41, 5.74) is 1.85. The van der Waals surface area contributed by atoms with E-state index in [4.69, 9.17) is 4.52 Å². The van der Waals surface area contributed by atoms with Gasteiger partial charge in [-0.2, -0.15) is 4.98 Å². The van der Waals surface area contributed by atoms with E-state index in [-0.39, 0.29) is 11.1 Å². The number of rotatable bonds is 5. The molecule has 1 fully saturated rings. The zero-order valence-electron chi connectivity index (χ0n) is 15.5. The second-order valence-electron chi connectivity index (χ2n) is 7.33. The largest absolute Gasteiger partial charge is 0.478 e. The van der Waals surface area contributed by atoms with E-state index < -0.39 is 11.9 Å².